The molecule has 0 saturated carbocycles. The van der Waals surface area contributed by atoms with Gasteiger partial charge < -0.3 is 10.5 Å². The molecular formula is C18H16N2O. The molecule has 3 heteroatoms. The molecule has 21 heavy (non-hydrogen) atoms. The molecule has 0 spiro atoms. The predicted molar refractivity (Wildman–Crippen MR) is 84.9 cm³/mol. The van der Waals surface area contributed by atoms with Crippen molar-refractivity contribution >= 4 is 12.2 Å². The van der Waals surface area contributed by atoms with Gasteiger partial charge in [-0.2, -0.15) is 0 Å². The highest BCUT2D eigenvalue weighted by molar-refractivity contribution is 5.74. The monoisotopic (exact) mass is 276 g/mol. The van der Waals surface area contributed by atoms with E-state index in [1.54, 1.807) is 7.11 Å². The summed E-state index contributed by atoms with van der Waals surface area (Å²) in [6, 6.07) is 10.1. The molecule has 0 saturated heterocycles. The van der Waals surface area contributed by atoms with Crippen molar-refractivity contribution in [3.63, 3.8) is 0 Å². The van der Waals surface area contributed by atoms with Crippen LogP contribution >= 0.6 is 0 Å². The van der Waals surface area contributed by atoms with Gasteiger partial charge in [0.25, 0.3) is 0 Å². The second kappa shape index (κ2) is 5.82. The van der Waals surface area contributed by atoms with Gasteiger partial charge >= 0.3 is 0 Å². The molecule has 0 unspecified atom stereocenters. The molecule has 0 amide bonds. The average Bonchev–Trinajstić information content (AvgIpc) is 2.55. The van der Waals surface area contributed by atoms with E-state index in [4.69, 9.17) is 15.5 Å². The number of benzene rings is 1. The molecule has 0 radical (unpaired) electrons. The van der Waals surface area contributed by atoms with Crippen molar-refractivity contribution in [2.45, 2.75) is 6.42 Å². The second-order valence-corrected chi connectivity index (χ2v) is 4.80. The molecule has 3 nitrogen and oxygen atoms in total. The van der Waals surface area contributed by atoms with Gasteiger partial charge in [0.1, 0.15) is 5.75 Å². The quantitative estimate of drug-likeness (QED) is 0.745. The third-order valence-electron chi connectivity index (χ3n) is 3.46. The fourth-order valence-electron chi connectivity index (χ4n) is 2.39. The number of nitrogens with zero attached hydrogens (tertiary/aromatic N) is 1. The van der Waals surface area contributed by atoms with Gasteiger partial charge in [-0.3, -0.25) is 4.98 Å². The van der Waals surface area contributed by atoms with Crippen LogP contribution in [0.1, 0.15) is 17.0 Å². The van der Waals surface area contributed by atoms with Crippen LogP contribution in [0, 0.1) is 0 Å². The van der Waals surface area contributed by atoms with Gasteiger partial charge in [-0.05, 0) is 36.4 Å². The first-order valence-corrected chi connectivity index (χ1v) is 6.87. The minimum Gasteiger partial charge on any atom is -0.497 e. The van der Waals surface area contributed by atoms with Crippen LogP contribution in [0.25, 0.3) is 23.3 Å². The molecule has 1 aliphatic carbocycles. The molecule has 2 N–H and O–H groups in total. The van der Waals surface area contributed by atoms with Gasteiger partial charge in [0.2, 0.25) is 0 Å². The zero-order valence-corrected chi connectivity index (χ0v) is 11.9. The van der Waals surface area contributed by atoms with Gasteiger partial charge in [0.05, 0.1) is 18.5 Å². The number of fused-ring (bicyclic) bond motifs is 1. The minimum atomic E-state index is 0.574. The lowest BCUT2D eigenvalue weighted by molar-refractivity contribution is 0.415. The molecule has 1 aromatic heterocycles. The Bertz CT molecular complexity index is 763. The maximum atomic E-state index is 5.72. The van der Waals surface area contributed by atoms with Crippen molar-refractivity contribution in [3.05, 3.63) is 58.7 Å². The lowest BCUT2D eigenvalue weighted by Crippen LogP contribution is -2.07. The Balaban J connectivity index is 2.11. The summed E-state index contributed by atoms with van der Waals surface area (Å²) in [5.74, 6) is 0.843. The van der Waals surface area contributed by atoms with E-state index in [2.05, 4.69) is 17.5 Å². The van der Waals surface area contributed by atoms with Crippen molar-refractivity contribution in [3.8, 4) is 16.9 Å². The summed E-state index contributed by atoms with van der Waals surface area (Å²) < 4.78 is 5.21. The summed E-state index contributed by atoms with van der Waals surface area (Å²) in [4.78, 5) is 4.72. The lowest BCUT2D eigenvalue weighted by Gasteiger charge is -2.13. The van der Waals surface area contributed by atoms with Gasteiger partial charge in [-0.25, -0.2) is 0 Å². The molecule has 0 atom stereocenters. The Morgan fingerprint density at radius 2 is 1.90 bits per heavy atom. The van der Waals surface area contributed by atoms with E-state index in [0.29, 0.717) is 6.54 Å². The lowest BCUT2D eigenvalue weighted by atomic mass is 9.98. The van der Waals surface area contributed by atoms with E-state index < -0.39 is 0 Å². The maximum Gasteiger partial charge on any atom is 0.118 e. The first kappa shape index (κ1) is 13.4. The van der Waals surface area contributed by atoms with E-state index >= 15 is 0 Å². The van der Waals surface area contributed by atoms with E-state index in [9.17, 15) is 0 Å². The zero-order valence-electron chi connectivity index (χ0n) is 11.9. The Labute approximate surface area is 124 Å². The summed E-state index contributed by atoms with van der Waals surface area (Å²) >= 11 is 0. The first-order chi connectivity index (χ1) is 10.3. The van der Waals surface area contributed by atoms with E-state index in [1.165, 1.54) is 0 Å². The molecule has 0 fully saturated rings. The molecule has 2 aromatic rings. The zero-order chi connectivity index (χ0) is 14.7. The van der Waals surface area contributed by atoms with Gasteiger partial charge in [-0.15, -0.1) is 0 Å². The third-order valence-corrected chi connectivity index (χ3v) is 3.46. The molecule has 1 aliphatic rings. The van der Waals surface area contributed by atoms with Gasteiger partial charge in [0.15, 0.2) is 0 Å². The standard InChI is InChI=1S/C18H16N2O/c1-21-15-8-6-13(7-9-15)16-12-14-4-2-3-5-17(14)20-18(16)10-11-19/h4-9,12H,10-11,19H2,1H3. The highest BCUT2D eigenvalue weighted by Gasteiger charge is 2.11. The number of rotatable bonds is 4. The fraction of sp³-hybridized carbons (Fsp3) is 0.167. The number of methoxy groups -OCH3 is 1. The van der Waals surface area contributed by atoms with Crippen LogP contribution in [-0.2, 0) is 6.42 Å². The summed E-state index contributed by atoms with van der Waals surface area (Å²) in [5.41, 5.74) is 16.9. The predicted octanol–water partition coefficient (Wildman–Crippen LogP) is 3.05. The third kappa shape index (κ3) is 2.67. The largest absolute Gasteiger partial charge is 0.497 e. The average molecular weight is 276 g/mol. The maximum absolute atomic E-state index is 5.72. The number of aromatic nitrogens is 1. The fourth-order valence-corrected chi connectivity index (χ4v) is 2.39. The second-order valence-electron chi connectivity index (χ2n) is 4.80. The number of hydrogen-bond acceptors (Lipinski definition) is 3. The Kier molecular flexibility index (Phi) is 3.72. The SMILES string of the molecule is COc1ccc(-c2cc3c(nc2CCN)C=C=C=C3)cc1. The normalized spacial score (nSPS) is 11.5. The van der Waals surface area contributed by atoms with Crippen LogP contribution in [-0.4, -0.2) is 18.6 Å². The Morgan fingerprint density at radius 1 is 1.14 bits per heavy atom. The molecular weight excluding hydrogens is 260 g/mol. The number of hydrogen-bond donors (Lipinski definition) is 1. The van der Waals surface area contributed by atoms with Crippen molar-refractivity contribution in [1.82, 2.24) is 4.98 Å². The van der Waals surface area contributed by atoms with E-state index in [0.717, 1.165) is 40.2 Å². The number of nitrogens with two attached hydrogens (primary N) is 1. The highest BCUT2D eigenvalue weighted by atomic mass is 16.5. The summed E-state index contributed by atoms with van der Waals surface area (Å²) in [6.45, 7) is 0.574. The molecule has 3 rings (SSSR count). The summed E-state index contributed by atoms with van der Waals surface area (Å²) in [5, 5.41) is 0. The minimum absolute atomic E-state index is 0.574. The Morgan fingerprint density at radius 3 is 2.62 bits per heavy atom. The van der Waals surface area contributed by atoms with Crippen LogP contribution in [0.5, 0.6) is 5.75 Å². The van der Waals surface area contributed by atoms with Crippen LogP contribution in [0.2, 0.25) is 0 Å². The van der Waals surface area contributed by atoms with Crippen molar-refractivity contribution < 1.29 is 4.74 Å². The van der Waals surface area contributed by atoms with Gasteiger partial charge in [-0.1, -0.05) is 23.6 Å². The van der Waals surface area contributed by atoms with E-state index in [-0.39, 0.29) is 0 Å². The van der Waals surface area contributed by atoms with Crippen LogP contribution < -0.4 is 10.5 Å². The smallest absolute Gasteiger partial charge is 0.118 e. The van der Waals surface area contributed by atoms with Crippen molar-refractivity contribution in [2.24, 2.45) is 5.73 Å². The molecule has 0 bridgehead atoms. The topological polar surface area (TPSA) is 48.1 Å². The van der Waals surface area contributed by atoms with Gasteiger partial charge in [0, 0.05) is 23.6 Å². The Hall–Kier alpha value is -2.57. The van der Waals surface area contributed by atoms with Crippen molar-refractivity contribution in [1.29, 1.82) is 0 Å². The highest BCUT2D eigenvalue weighted by Crippen LogP contribution is 2.28. The number of ether oxygens (including phenoxy) is 1. The number of pyridine rings is 1. The van der Waals surface area contributed by atoms with E-state index in [1.807, 2.05) is 36.4 Å². The first-order valence-electron chi connectivity index (χ1n) is 6.87. The van der Waals surface area contributed by atoms with Crippen LogP contribution in [0.4, 0.5) is 0 Å². The van der Waals surface area contributed by atoms with Crippen LogP contribution in [0.3, 0.4) is 0 Å². The van der Waals surface area contributed by atoms with Crippen molar-refractivity contribution in [2.75, 3.05) is 13.7 Å². The summed E-state index contributed by atoms with van der Waals surface area (Å²) in [6.07, 6.45) is 4.50. The molecule has 1 heterocycles. The molecule has 104 valence electrons. The molecule has 0 aliphatic heterocycles. The van der Waals surface area contributed by atoms with Crippen LogP contribution in [0.15, 0.2) is 41.8 Å². The molecule has 1 aromatic carbocycles. The summed E-state index contributed by atoms with van der Waals surface area (Å²) in [7, 11) is 1.67.